The lowest BCUT2D eigenvalue weighted by molar-refractivity contribution is -0.139. The van der Waals surface area contributed by atoms with Gasteiger partial charge in [-0.25, -0.2) is 4.98 Å². The molecule has 2 aromatic heterocycles. The van der Waals surface area contributed by atoms with Gasteiger partial charge in [0.05, 0.1) is 30.5 Å². The van der Waals surface area contributed by atoms with E-state index in [2.05, 4.69) is 26.0 Å². The molecule has 0 radical (unpaired) electrons. The molecular formula is C24H28N2O4S2. The number of ether oxygens (including phenoxy) is 2. The normalized spacial score (nSPS) is 15.8. The minimum absolute atomic E-state index is 0.0285. The van der Waals surface area contributed by atoms with E-state index in [1.54, 1.807) is 11.5 Å². The number of esters is 1. The molecule has 1 aromatic carbocycles. The Hall–Kier alpha value is -2.16. The van der Waals surface area contributed by atoms with Crippen LogP contribution < -0.4 is 5.56 Å². The number of carbonyl (C=O) groups is 1. The van der Waals surface area contributed by atoms with Crippen LogP contribution in [0.5, 0.6) is 0 Å². The first-order valence-corrected chi connectivity index (χ1v) is 12.8. The van der Waals surface area contributed by atoms with Gasteiger partial charge in [-0.1, -0.05) is 55.9 Å². The van der Waals surface area contributed by atoms with Crippen molar-refractivity contribution in [2.24, 2.45) is 5.92 Å². The summed E-state index contributed by atoms with van der Waals surface area (Å²) in [5, 5.41) is 1.28. The molecule has 0 spiro atoms. The standard InChI is InChI=1S/C24H28N2O4S2/c1-4-29-20(27)14-31-24-25-22-21(17-12-18(15(2)3)30-13-19(17)32-22)23(28)26(24)11-10-16-8-6-5-7-9-16/h5-9,15,18H,4,10-14H2,1-3H3/t18-/m0/s1. The van der Waals surface area contributed by atoms with Crippen molar-refractivity contribution in [1.29, 1.82) is 0 Å². The number of thiophene rings is 1. The van der Waals surface area contributed by atoms with Gasteiger partial charge >= 0.3 is 5.97 Å². The van der Waals surface area contributed by atoms with Gasteiger partial charge in [0.1, 0.15) is 4.83 Å². The predicted octanol–water partition coefficient (Wildman–Crippen LogP) is 4.45. The van der Waals surface area contributed by atoms with Gasteiger partial charge in [-0.05, 0) is 30.4 Å². The van der Waals surface area contributed by atoms with Gasteiger partial charge in [0.25, 0.3) is 5.56 Å². The Labute approximate surface area is 196 Å². The Balaban J connectivity index is 1.73. The van der Waals surface area contributed by atoms with Gasteiger partial charge in [-0.15, -0.1) is 11.3 Å². The highest BCUT2D eigenvalue weighted by atomic mass is 32.2. The molecule has 1 aliphatic heterocycles. The largest absolute Gasteiger partial charge is 0.465 e. The summed E-state index contributed by atoms with van der Waals surface area (Å²) in [5.41, 5.74) is 2.21. The van der Waals surface area contributed by atoms with E-state index in [-0.39, 0.29) is 23.4 Å². The molecule has 0 saturated carbocycles. The minimum Gasteiger partial charge on any atom is -0.465 e. The number of hydrogen-bond acceptors (Lipinski definition) is 7. The first kappa shape index (κ1) is 23.0. The van der Waals surface area contributed by atoms with Crippen molar-refractivity contribution in [3.8, 4) is 0 Å². The zero-order valence-electron chi connectivity index (χ0n) is 18.6. The fourth-order valence-electron chi connectivity index (χ4n) is 3.89. The van der Waals surface area contributed by atoms with Crippen LogP contribution in [0.4, 0.5) is 0 Å². The summed E-state index contributed by atoms with van der Waals surface area (Å²) in [5.74, 6) is 0.201. The average molecular weight is 473 g/mol. The van der Waals surface area contributed by atoms with E-state index in [9.17, 15) is 9.59 Å². The molecule has 1 atom stereocenters. The summed E-state index contributed by atoms with van der Waals surface area (Å²) in [7, 11) is 0. The second-order valence-corrected chi connectivity index (χ2v) is 10.2. The van der Waals surface area contributed by atoms with E-state index >= 15 is 0 Å². The highest BCUT2D eigenvalue weighted by molar-refractivity contribution is 7.99. The molecule has 0 aliphatic carbocycles. The summed E-state index contributed by atoms with van der Waals surface area (Å²) in [4.78, 5) is 32.3. The van der Waals surface area contributed by atoms with Gasteiger partial charge in [-0.3, -0.25) is 14.2 Å². The highest BCUT2D eigenvalue weighted by Crippen LogP contribution is 2.36. The Morgan fingerprint density at radius 1 is 1.34 bits per heavy atom. The topological polar surface area (TPSA) is 70.4 Å². The van der Waals surface area contributed by atoms with Gasteiger partial charge in [0, 0.05) is 17.8 Å². The van der Waals surface area contributed by atoms with Crippen LogP contribution in [0.3, 0.4) is 0 Å². The number of benzene rings is 1. The summed E-state index contributed by atoms with van der Waals surface area (Å²) >= 11 is 2.79. The second kappa shape index (κ2) is 10.2. The lowest BCUT2D eigenvalue weighted by Crippen LogP contribution is -2.29. The first-order valence-electron chi connectivity index (χ1n) is 11.0. The van der Waals surface area contributed by atoms with Crippen molar-refractivity contribution < 1.29 is 14.3 Å². The second-order valence-electron chi connectivity index (χ2n) is 8.16. The van der Waals surface area contributed by atoms with E-state index in [1.807, 2.05) is 18.2 Å². The van der Waals surface area contributed by atoms with Crippen molar-refractivity contribution in [2.75, 3.05) is 12.4 Å². The molecule has 3 heterocycles. The van der Waals surface area contributed by atoms with Crippen molar-refractivity contribution in [3.63, 3.8) is 0 Å². The molecule has 4 rings (SSSR count). The molecule has 0 bridgehead atoms. The van der Waals surface area contributed by atoms with Gasteiger partial charge in [0.15, 0.2) is 5.16 Å². The van der Waals surface area contributed by atoms with Crippen LogP contribution >= 0.6 is 23.1 Å². The maximum Gasteiger partial charge on any atom is 0.316 e. The van der Waals surface area contributed by atoms with E-state index in [0.717, 1.165) is 27.3 Å². The lowest BCUT2D eigenvalue weighted by Gasteiger charge is -2.26. The molecule has 8 heteroatoms. The Morgan fingerprint density at radius 3 is 2.84 bits per heavy atom. The number of aromatic nitrogens is 2. The number of thioether (sulfide) groups is 1. The average Bonchev–Trinajstić information content (AvgIpc) is 3.15. The molecule has 0 N–H and O–H groups in total. The fourth-order valence-corrected chi connectivity index (χ4v) is 5.88. The van der Waals surface area contributed by atoms with Gasteiger partial charge < -0.3 is 9.47 Å². The van der Waals surface area contributed by atoms with Crippen LogP contribution in [0.25, 0.3) is 10.2 Å². The van der Waals surface area contributed by atoms with Gasteiger partial charge in [-0.2, -0.15) is 0 Å². The number of nitrogens with zero attached hydrogens (tertiary/aromatic N) is 2. The molecule has 0 fully saturated rings. The summed E-state index contributed by atoms with van der Waals surface area (Å²) < 4.78 is 12.8. The third kappa shape index (κ3) is 4.92. The lowest BCUT2D eigenvalue weighted by atomic mass is 9.96. The van der Waals surface area contributed by atoms with Crippen LogP contribution in [0.1, 0.15) is 36.8 Å². The third-order valence-corrected chi connectivity index (χ3v) is 7.68. The number of carbonyl (C=O) groups excluding carboxylic acids is 1. The van der Waals surface area contributed by atoms with Crippen molar-refractivity contribution in [3.05, 3.63) is 56.7 Å². The third-order valence-electron chi connectivity index (χ3n) is 5.63. The minimum atomic E-state index is -0.305. The van der Waals surface area contributed by atoms with Crippen LogP contribution in [0, 0.1) is 5.92 Å². The molecular weight excluding hydrogens is 444 g/mol. The monoisotopic (exact) mass is 472 g/mol. The molecule has 32 heavy (non-hydrogen) atoms. The van der Waals surface area contributed by atoms with Crippen molar-refractivity contribution in [2.45, 2.75) is 58.0 Å². The van der Waals surface area contributed by atoms with E-state index in [1.165, 1.54) is 23.1 Å². The number of rotatable bonds is 8. The molecule has 6 nitrogen and oxygen atoms in total. The fraction of sp³-hybridized carbons (Fsp3) is 0.458. The molecule has 1 aliphatic rings. The maximum absolute atomic E-state index is 13.7. The Kier molecular flexibility index (Phi) is 7.33. The van der Waals surface area contributed by atoms with Crippen LogP contribution in [-0.4, -0.2) is 34.0 Å². The molecule has 3 aromatic rings. The molecule has 0 unspecified atom stereocenters. The quantitative estimate of drug-likeness (QED) is 0.274. The smallest absolute Gasteiger partial charge is 0.316 e. The summed E-state index contributed by atoms with van der Waals surface area (Å²) in [6.07, 6.45) is 1.55. The first-order chi connectivity index (χ1) is 15.5. The van der Waals surface area contributed by atoms with E-state index in [4.69, 9.17) is 14.5 Å². The maximum atomic E-state index is 13.7. The SMILES string of the molecule is CCOC(=O)CSc1nc2sc3c(c2c(=O)n1CCc1ccccc1)C[C@@H](C(C)C)OC3. The van der Waals surface area contributed by atoms with Crippen LogP contribution in [0.2, 0.25) is 0 Å². The summed E-state index contributed by atoms with van der Waals surface area (Å²) in [6.45, 7) is 7.43. The van der Waals surface area contributed by atoms with Crippen LogP contribution in [0.15, 0.2) is 40.3 Å². The zero-order valence-corrected chi connectivity index (χ0v) is 20.3. The molecule has 0 saturated heterocycles. The number of fused-ring (bicyclic) bond motifs is 3. The number of aryl methyl sites for hydroxylation is 1. The van der Waals surface area contributed by atoms with E-state index in [0.29, 0.717) is 42.6 Å². The van der Waals surface area contributed by atoms with Crippen molar-refractivity contribution in [1.82, 2.24) is 9.55 Å². The van der Waals surface area contributed by atoms with Gasteiger partial charge in [0.2, 0.25) is 0 Å². The van der Waals surface area contributed by atoms with Crippen molar-refractivity contribution >= 4 is 39.3 Å². The molecule has 170 valence electrons. The van der Waals surface area contributed by atoms with Crippen LogP contribution in [-0.2, 0) is 40.3 Å². The van der Waals surface area contributed by atoms with E-state index < -0.39 is 0 Å². The zero-order chi connectivity index (χ0) is 22.7. The highest BCUT2D eigenvalue weighted by Gasteiger charge is 2.28. The Bertz CT molecular complexity index is 1150. The predicted molar refractivity (Wildman–Crippen MR) is 129 cm³/mol. The Morgan fingerprint density at radius 2 is 2.12 bits per heavy atom. The number of hydrogen-bond donors (Lipinski definition) is 0. The summed E-state index contributed by atoms with van der Waals surface area (Å²) in [6, 6.07) is 10.1. The molecule has 0 amide bonds.